The predicted molar refractivity (Wildman–Crippen MR) is 44.6 cm³/mol. The van der Waals surface area contributed by atoms with Crippen molar-refractivity contribution in [2.75, 3.05) is 7.11 Å². The number of carbonyl (C=O) groups is 1. The van der Waals surface area contributed by atoms with Gasteiger partial charge in [-0.2, -0.15) is 9.65 Å². The highest BCUT2D eigenvalue weighted by atomic mass is 19.1. The van der Waals surface area contributed by atoms with E-state index in [9.17, 15) is 9.18 Å². The molecule has 0 atom stereocenters. The lowest BCUT2D eigenvalue weighted by Gasteiger charge is -1.99. The van der Waals surface area contributed by atoms with E-state index in [4.69, 9.17) is 5.26 Å². The summed E-state index contributed by atoms with van der Waals surface area (Å²) >= 11 is 0. The monoisotopic (exact) mass is 194 g/mol. The Bertz CT molecular complexity index is 398. The smallest absolute Gasteiger partial charge is 0.309 e. The molecule has 0 amide bonds. The quantitative estimate of drug-likeness (QED) is 0.516. The van der Waals surface area contributed by atoms with Crippen molar-refractivity contribution < 1.29 is 13.9 Å². The number of rotatable bonds is 2. The van der Waals surface area contributed by atoms with Gasteiger partial charge in [-0.05, 0) is 17.7 Å². The summed E-state index contributed by atoms with van der Waals surface area (Å²) in [4.78, 5) is 14.1. The van der Waals surface area contributed by atoms with Crippen molar-refractivity contribution in [1.82, 2.24) is 4.98 Å². The van der Waals surface area contributed by atoms with Crippen LogP contribution in [0.4, 0.5) is 4.39 Å². The van der Waals surface area contributed by atoms with E-state index in [1.807, 2.05) is 0 Å². The average Bonchev–Trinajstić information content (AvgIpc) is 2.16. The molecule has 0 bridgehead atoms. The molecule has 0 radical (unpaired) electrons. The van der Waals surface area contributed by atoms with Crippen molar-refractivity contribution in [3.05, 3.63) is 29.3 Å². The molecule has 0 aliphatic carbocycles. The van der Waals surface area contributed by atoms with E-state index in [-0.39, 0.29) is 12.1 Å². The maximum Gasteiger partial charge on any atom is 0.309 e. The molecule has 4 nitrogen and oxygen atoms in total. The highest BCUT2D eigenvalue weighted by molar-refractivity contribution is 5.72. The molecule has 1 aromatic heterocycles. The van der Waals surface area contributed by atoms with Crippen LogP contribution in [0.3, 0.4) is 0 Å². The van der Waals surface area contributed by atoms with E-state index in [0.717, 1.165) is 6.07 Å². The van der Waals surface area contributed by atoms with Gasteiger partial charge in [-0.15, -0.1) is 0 Å². The van der Waals surface area contributed by atoms with Gasteiger partial charge in [-0.3, -0.25) is 4.79 Å². The van der Waals surface area contributed by atoms with Crippen molar-refractivity contribution in [3.63, 3.8) is 0 Å². The number of hydrogen-bond acceptors (Lipinski definition) is 4. The van der Waals surface area contributed by atoms with Crippen LogP contribution in [0.2, 0.25) is 0 Å². The Hall–Kier alpha value is -1.96. The molecule has 72 valence electrons. The third-order valence-electron chi connectivity index (χ3n) is 1.54. The lowest BCUT2D eigenvalue weighted by molar-refractivity contribution is -0.139. The molecular weight excluding hydrogens is 187 g/mol. The summed E-state index contributed by atoms with van der Waals surface area (Å²) in [6.07, 6.45) is -0.0649. The topological polar surface area (TPSA) is 63.0 Å². The van der Waals surface area contributed by atoms with Gasteiger partial charge in [0.25, 0.3) is 0 Å². The number of methoxy groups -OCH3 is 1. The van der Waals surface area contributed by atoms with Gasteiger partial charge in [0.05, 0.1) is 13.5 Å². The van der Waals surface area contributed by atoms with Crippen LogP contribution in [0, 0.1) is 17.3 Å². The van der Waals surface area contributed by atoms with E-state index in [0.29, 0.717) is 5.56 Å². The largest absolute Gasteiger partial charge is 0.469 e. The average molecular weight is 194 g/mol. The third-order valence-corrected chi connectivity index (χ3v) is 1.54. The number of halogens is 1. The lowest BCUT2D eigenvalue weighted by atomic mass is 10.2. The molecule has 0 unspecified atom stereocenters. The van der Waals surface area contributed by atoms with Crippen LogP contribution in [-0.2, 0) is 16.0 Å². The van der Waals surface area contributed by atoms with Crippen LogP contribution in [0.25, 0.3) is 0 Å². The van der Waals surface area contributed by atoms with Crippen molar-refractivity contribution in [3.8, 4) is 6.07 Å². The minimum Gasteiger partial charge on any atom is -0.469 e. The van der Waals surface area contributed by atoms with Crippen LogP contribution in [0.15, 0.2) is 12.1 Å². The Kier molecular flexibility index (Phi) is 3.13. The van der Waals surface area contributed by atoms with E-state index in [1.54, 1.807) is 6.07 Å². The summed E-state index contributed by atoms with van der Waals surface area (Å²) in [5.74, 6) is -1.26. The van der Waals surface area contributed by atoms with E-state index in [2.05, 4.69) is 9.72 Å². The van der Waals surface area contributed by atoms with E-state index >= 15 is 0 Å². The zero-order valence-electron chi connectivity index (χ0n) is 7.45. The molecule has 1 rings (SSSR count). The molecule has 1 aromatic rings. The Morgan fingerprint density at radius 1 is 1.71 bits per heavy atom. The van der Waals surface area contributed by atoms with Crippen LogP contribution >= 0.6 is 0 Å². The van der Waals surface area contributed by atoms with Crippen molar-refractivity contribution in [2.45, 2.75) is 6.42 Å². The number of nitrogens with zero attached hydrogens (tertiary/aromatic N) is 2. The second-order valence-corrected chi connectivity index (χ2v) is 2.55. The van der Waals surface area contributed by atoms with Crippen molar-refractivity contribution in [2.24, 2.45) is 0 Å². The van der Waals surface area contributed by atoms with Gasteiger partial charge in [0.1, 0.15) is 11.8 Å². The molecule has 0 spiro atoms. The molecule has 5 heteroatoms. The second-order valence-electron chi connectivity index (χ2n) is 2.55. The van der Waals surface area contributed by atoms with Gasteiger partial charge in [-0.1, -0.05) is 0 Å². The number of esters is 1. The number of hydrogen-bond donors (Lipinski definition) is 0. The van der Waals surface area contributed by atoms with Crippen LogP contribution < -0.4 is 0 Å². The van der Waals surface area contributed by atoms with Gasteiger partial charge in [-0.25, -0.2) is 4.98 Å². The Balaban J connectivity index is 2.93. The SMILES string of the molecule is COC(=O)Cc1cc(F)nc(C#N)c1. The minimum absolute atomic E-state index is 0.0519. The Labute approximate surface area is 79.9 Å². The number of pyridine rings is 1. The minimum atomic E-state index is -0.775. The summed E-state index contributed by atoms with van der Waals surface area (Å²) < 4.78 is 17.2. The summed E-state index contributed by atoms with van der Waals surface area (Å²) in [7, 11) is 1.24. The molecule has 0 aromatic carbocycles. The van der Waals surface area contributed by atoms with Crippen LogP contribution in [0.1, 0.15) is 11.3 Å². The zero-order valence-corrected chi connectivity index (χ0v) is 7.45. The number of carbonyl (C=O) groups excluding carboxylic acids is 1. The normalized spacial score (nSPS) is 9.21. The van der Waals surface area contributed by atoms with Gasteiger partial charge < -0.3 is 4.74 Å². The molecule has 0 saturated carbocycles. The molecule has 1 heterocycles. The number of nitriles is 1. The molecule has 0 aliphatic rings. The van der Waals surface area contributed by atoms with Gasteiger partial charge in [0.15, 0.2) is 0 Å². The predicted octanol–water partition coefficient (Wildman–Crippen LogP) is 0.808. The Morgan fingerprint density at radius 3 is 3.00 bits per heavy atom. The maximum atomic E-state index is 12.8. The first-order valence-corrected chi connectivity index (χ1v) is 3.79. The third kappa shape index (κ3) is 2.52. The fourth-order valence-electron chi connectivity index (χ4n) is 0.948. The van der Waals surface area contributed by atoms with Crippen molar-refractivity contribution in [1.29, 1.82) is 5.26 Å². The highest BCUT2D eigenvalue weighted by Gasteiger charge is 2.06. The summed E-state index contributed by atoms with van der Waals surface area (Å²) in [5.41, 5.74) is 0.324. The van der Waals surface area contributed by atoms with Gasteiger partial charge in [0, 0.05) is 0 Å². The fraction of sp³-hybridized carbons (Fsp3) is 0.222. The first-order chi connectivity index (χ1) is 6.65. The second kappa shape index (κ2) is 4.33. The summed E-state index contributed by atoms with van der Waals surface area (Å²) in [5, 5.41) is 8.48. The Morgan fingerprint density at radius 2 is 2.43 bits per heavy atom. The number of aromatic nitrogens is 1. The molecule has 0 saturated heterocycles. The van der Waals surface area contributed by atoms with E-state index in [1.165, 1.54) is 13.2 Å². The van der Waals surface area contributed by atoms with E-state index < -0.39 is 11.9 Å². The summed E-state index contributed by atoms with van der Waals surface area (Å²) in [6.45, 7) is 0. The molecule has 14 heavy (non-hydrogen) atoms. The fourth-order valence-corrected chi connectivity index (χ4v) is 0.948. The first-order valence-electron chi connectivity index (χ1n) is 3.79. The molecule has 0 fully saturated rings. The van der Waals surface area contributed by atoms with Crippen molar-refractivity contribution >= 4 is 5.97 Å². The standard InChI is InChI=1S/C9H7FN2O2/c1-14-9(13)4-6-2-7(5-11)12-8(10)3-6/h2-3H,4H2,1H3. The molecular formula is C9H7FN2O2. The highest BCUT2D eigenvalue weighted by Crippen LogP contribution is 2.06. The zero-order chi connectivity index (χ0) is 10.6. The summed E-state index contributed by atoms with van der Waals surface area (Å²) in [6, 6.07) is 4.14. The van der Waals surface area contributed by atoms with Gasteiger partial charge >= 0.3 is 5.97 Å². The van der Waals surface area contributed by atoms with Crippen LogP contribution in [0.5, 0.6) is 0 Å². The maximum absolute atomic E-state index is 12.8. The number of ether oxygens (including phenoxy) is 1. The lowest BCUT2D eigenvalue weighted by Crippen LogP contribution is -2.05. The molecule has 0 aliphatic heterocycles. The van der Waals surface area contributed by atoms with Crippen LogP contribution in [-0.4, -0.2) is 18.1 Å². The first kappa shape index (κ1) is 10.1. The van der Waals surface area contributed by atoms with Gasteiger partial charge in [0.2, 0.25) is 5.95 Å². The molecule has 0 N–H and O–H groups in total.